The van der Waals surface area contributed by atoms with Gasteiger partial charge in [0.15, 0.2) is 10.9 Å². The summed E-state index contributed by atoms with van der Waals surface area (Å²) < 4.78 is 5.13. The van der Waals surface area contributed by atoms with Crippen LogP contribution in [0.15, 0.2) is 83.6 Å². The van der Waals surface area contributed by atoms with Crippen LogP contribution in [0.4, 0.5) is 5.13 Å². The Morgan fingerprint density at radius 3 is 2.19 bits per heavy atom. The van der Waals surface area contributed by atoms with Gasteiger partial charge in [-0.15, -0.1) is 0 Å². The third-order valence-corrected chi connectivity index (χ3v) is 4.87. The van der Waals surface area contributed by atoms with E-state index in [2.05, 4.69) is 15.5 Å². The summed E-state index contributed by atoms with van der Waals surface area (Å²) in [6, 6.07) is 21.2. The number of hydrogen-bond donors (Lipinski definition) is 1. The molecule has 26 heavy (non-hydrogen) atoms. The van der Waals surface area contributed by atoms with Crippen LogP contribution >= 0.6 is 11.3 Å². The lowest BCUT2D eigenvalue weighted by atomic mass is 9.90. The summed E-state index contributed by atoms with van der Waals surface area (Å²) in [4.78, 5) is 18.1. The monoisotopic (exact) mass is 361 g/mol. The lowest BCUT2D eigenvalue weighted by molar-refractivity contribution is -0.116. The molecule has 0 aliphatic carbocycles. The summed E-state index contributed by atoms with van der Waals surface area (Å²) in [5.41, 5.74) is 1.87. The van der Waals surface area contributed by atoms with E-state index in [1.165, 1.54) is 11.3 Å². The van der Waals surface area contributed by atoms with Crippen LogP contribution in [0.2, 0.25) is 0 Å². The normalized spacial score (nSPS) is 10.8. The van der Waals surface area contributed by atoms with E-state index in [0.29, 0.717) is 10.9 Å². The largest absolute Gasteiger partial charge is 0.355 e. The van der Waals surface area contributed by atoms with Gasteiger partial charge in [0, 0.05) is 6.07 Å². The van der Waals surface area contributed by atoms with E-state index in [9.17, 15) is 4.79 Å². The maximum absolute atomic E-state index is 13.0. The highest BCUT2D eigenvalue weighted by Crippen LogP contribution is 2.31. The summed E-state index contributed by atoms with van der Waals surface area (Å²) >= 11 is 1.35. The molecular weight excluding hydrogens is 346 g/mol. The van der Waals surface area contributed by atoms with E-state index in [4.69, 9.17) is 4.52 Å². The van der Waals surface area contributed by atoms with E-state index < -0.39 is 5.92 Å². The van der Waals surface area contributed by atoms with Crippen LogP contribution in [0.3, 0.4) is 0 Å². The SMILES string of the molecule is O=C(Nc1ncc(-c2ccno2)s1)C(c1ccccc1)c1ccccc1. The minimum absolute atomic E-state index is 0.124. The molecule has 6 heteroatoms. The van der Waals surface area contributed by atoms with Crippen molar-refractivity contribution in [2.75, 3.05) is 5.32 Å². The summed E-state index contributed by atoms with van der Waals surface area (Å²) in [6.07, 6.45) is 3.25. The average Bonchev–Trinajstić information content (AvgIpc) is 3.35. The van der Waals surface area contributed by atoms with Gasteiger partial charge in [-0.2, -0.15) is 0 Å². The summed E-state index contributed by atoms with van der Waals surface area (Å²) in [7, 11) is 0. The number of thiazole rings is 1. The number of aromatic nitrogens is 2. The standard InChI is InChI=1S/C20H15N3O2S/c24-19(23-20-21-13-17(26-20)16-11-12-22-25-16)18(14-7-3-1-4-8-14)15-9-5-2-6-10-15/h1-13,18H,(H,21,23,24). The quantitative estimate of drug-likeness (QED) is 0.565. The summed E-state index contributed by atoms with van der Waals surface area (Å²) in [5, 5.41) is 7.15. The van der Waals surface area contributed by atoms with Crippen molar-refractivity contribution in [3.8, 4) is 10.6 Å². The third kappa shape index (κ3) is 3.41. The Kier molecular flexibility index (Phi) is 4.57. The Morgan fingerprint density at radius 1 is 0.962 bits per heavy atom. The Bertz CT molecular complexity index is 943. The predicted octanol–water partition coefficient (Wildman–Crippen LogP) is 4.57. The molecule has 0 aliphatic rings. The second-order valence-electron chi connectivity index (χ2n) is 5.65. The third-order valence-electron chi connectivity index (χ3n) is 3.94. The van der Waals surface area contributed by atoms with Gasteiger partial charge in [0.05, 0.1) is 23.2 Å². The molecule has 0 atom stereocenters. The van der Waals surface area contributed by atoms with Crippen molar-refractivity contribution in [3.05, 3.63) is 90.3 Å². The molecule has 0 fully saturated rings. The number of carbonyl (C=O) groups is 1. The topological polar surface area (TPSA) is 68.0 Å². The molecule has 5 nitrogen and oxygen atoms in total. The number of nitrogens with one attached hydrogen (secondary N) is 1. The van der Waals surface area contributed by atoms with E-state index >= 15 is 0 Å². The van der Waals surface area contributed by atoms with Crippen LogP contribution in [0.1, 0.15) is 17.0 Å². The van der Waals surface area contributed by atoms with Crippen LogP contribution in [-0.4, -0.2) is 16.0 Å². The smallest absolute Gasteiger partial charge is 0.238 e. The van der Waals surface area contributed by atoms with Gasteiger partial charge in [-0.3, -0.25) is 4.79 Å². The first-order chi connectivity index (χ1) is 12.8. The molecule has 0 spiro atoms. The minimum atomic E-state index is -0.407. The van der Waals surface area contributed by atoms with Crippen molar-refractivity contribution in [1.82, 2.24) is 10.1 Å². The zero-order valence-corrected chi connectivity index (χ0v) is 14.5. The van der Waals surface area contributed by atoms with Gasteiger partial charge < -0.3 is 9.84 Å². The van der Waals surface area contributed by atoms with E-state index in [1.807, 2.05) is 60.7 Å². The number of nitrogens with zero attached hydrogens (tertiary/aromatic N) is 2. The van der Waals surface area contributed by atoms with Crippen LogP contribution in [0, 0.1) is 0 Å². The highest BCUT2D eigenvalue weighted by atomic mass is 32.1. The fraction of sp³-hybridized carbons (Fsp3) is 0.0500. The Balaban J connectivity index is 1.61. The molecule has 4 rings (SSSR count). The number of carbonyl (C=O) groups excluding carboxylic acids is 1. The number of rotatable bonds is 5. The van der Waals surface area contributed by atoms with Crippen molar-refractivity contribution >= 4 is 22.4 Å². The Morgan fingerprint density at radius 2 is 1.62 bits per heavy atom. The molecule has 2 heterocycles. The summed E-state index contributed by atoms with van der Waals surface area (Å²) in [5.74, 6) is 0.0987. The first kappa shape index (κ1) is 16.2. The predicted molar refractivity (Wildman–Crippen MR) is 101 cm³/mol. The fourth-order valence-electron chi connectivity index (χ4n) is 2.75. The van der Waals surface area contributed by atoms with Crippen molar-refractivity contribution in [1.29, 1.82) is 0 Å². The Hall–Kier alpha value is -3.25. The number of hydrogen-bond acceptors (Lipinski definition) is 5. The first-order valence-electron chi connectivity index (χ1n) is 8.09. The van der Waals surface area contributed by atoms with Gasteiger partial charge in [-0.05, 0) is 11.1 Å². The van der Waals surface area contributed by atoms with Crippen molar-refractivity contribution < 1.29 is 9.32 Å². The molecule has 0 radical (unpaired) electrons. The maximum Gasteiger partial charge on any atom is 0.238 e. The zero-order valence-electron chi connectivity index (χ0n) is 13.7. The fourth-order valence-corrected chi connectivity index (χ4v) is 3.53. The van der Waals surface area contributed by atoms with Crippen LogP contribution in [0.5, 0.6) is 0 Å². The molecular formula is C20H15N3O2S. The Labute approximate surface area is 154 Å². The molecule has 2 aromatic heterocycles. The minimum Gasteiger partial charge on any atom is -0.355 e. The van der Waals surface area contributed by atoms with E-state index in [1.54, 1.807) is 18.5 Å². The van der Waals surface area contributed by atoms with Crippen LogP contribution < -0.4 is 5.32 Å². The molecule has 0 saturated heterocycles. The second kappa shape index (κ2) is 7.33. The zero-order chi connectivity index (χ0) is 17.8. The van der Waals surface area contributed by atoms with E-state index in [0.717, 1.165) is 16.0 Å². The lowest BCUT2D eigenvalue weighted by Crippen LogP contribution is -2.22. The van der Waals surface area contributed by atoms with Crippen molar-refractivity contribution in [2.45, 2.75) is 5.92 Å². The molecule has 128 valence electrons. The van der Waals surface area contributed by atoms with Crippen molar-refractivity contribution in [3.63, 3.8) is 0 Å². The van der Waals surface area contributed by atoms with Crippen LogP contribution in [0.25, 0.3) is 10.6 Å². The number of anilines is 1. The molecule has 0 aliphatic heterocycles. The molecule has 0 saturated carbocycles. The van der Waals surface area contributed by atoms with Crippen molar-refractivity contribution in [2.24, 2.45) is 0 Å². The average molecular weight is 361 g/mol. The van der Waals surface area contributed by atoms with Gasteiger partial charge in [0.1, 0.15) is 0 Å². The molecule has 0 unspecified atom stereocenters. The van der Waals surface area contributed by atoms with Gasteiger partial charge in [0.2, 0.25) is 5.91 Å². The highest BCUT2D eigenvalue weighted by molar-refractivity contribution is 7.19. The molecule has 1 amide bonds. The van der Waals surface area contributed by atoms with Gasteiger partial charge >= 0.3 is 0 Å². The van der Waals surface area contributed by atoms with E-state index in [-0.39, 0.29) is 5.91 Å². The lowest BCUT2D eigenvalue weighted by Gasteiger charge is -2.16. The number of amides is 1. The summed E-state index contributed by atoms with van der Waals surface area (Å²) in [6.45, 7) is 0. The van der Waals surface area contributed by atoms with Gasteiger partial charge in [-0.25, -0.2) is 4.98 Å². The highest BCUT2D eigenvalue weighted by Gasteiger charge is 2.23. The molecule has 0 bridgehead atoms. The van der Waals surface area contributed by atoms with Crippen LogP contribution in [-0.2, 0) is 4.79 Å². The van der Waals surface area contributed by atoms with Gasteiger partial charge in [-0.1, -0.05) is 77.2 Å². The maximum atomic E-state index is 13.0. The molecule has 2 aromatic carbocycles. The number of benzene rings is 2. The first-order valence-corrected chi connectivity index (χ1v) is 8.90. The van der Waals surface area contributed by atoms with Gasteiger partial charge in [0.25, 0.3) is 0 Å². The molecule has 4 aromatic rings. The second-order valence-corrected chi connectivity index (χ2v) is 6.68. The molecule has 1 N–H and O–H groups in total.